The lowest BCUT2D eigenvalue weighted by Gasteiger charge is -2.16. The molecule has 5 N–H and O–H groups in total. The van der Waals surface area contributed by atoms with E-state index in [0.717, 1.165) is 22.2 Å². The minimum atomic E-state index is -0.573. The number of nitrogens with one attached hydrogen (secondary N) is 4. The number of hydrogen-bond acceptors (Lipinski definition) is 7. The number of terminal acetylenes is 1. The van der Waals surface area contributed by atoms with Crippen LogP contribution in [0.25, 0.3) is 10.9 Å². The van der Waals surface area contributed by atoms with Crippen LogP contribution in [0.1, 0.15) is 21.5 Å². The highest BCUT2D eigenvalue weighted by Crippen LogP contribution is 2.33. The molecule has 10 heteroatoms. The van der Waals surface area contributed by atoms with Gasteiger partial charge in [0, 0.05) is 34.8 Å². The van der Waals surface area contributed by atoms with Gasteiger partial charge in [-0.3, -0.25) is 10.0 Å². The van der Waals surface area contributed by atoms with Gasteiger partial charge in [0.15, 0.2) is 5.11 Å². The molecule has 36 heavy (non-hydrogen) atoms. The first-order valence-electron chi connectivity index (χ1n) is 10.8. The zero-order valence-corrected chi connectivity index (χ0v) is 20.0. The zero-order valence-electron chi connectivity index (χ0n) is 19.2. The van der Waals surface area contributed by atoms with E-state index in [-0.39, 0.29) is 0 Å². The number of hydroxylamine groups is 1. The molecule has 180 valence electrons. The predicted octanol–water partition coefficient (Wildman–Crippen LogP) is 3.97. The number of rotatable bonds is 7. The van der Waals surface area contributed by atoms with E-state index in [1.165, 1.54) is 6.33 Å². The highest BCUT2D eigenvalue weighted by molar-refractivity contribution is 7.80. The lowest BCUT2D eigenvalue weighted by atomic mass is 10.1. The number of nitrogens with zero attached hydrogens (tertiary/aromatic N) is 2. The van der Waals surface area contributed by atoms with E-state index in [9.17, 15) is 4.79 Å². The van der Waals surface area contributed by atoms with Crippen LogP contribution in [-0.4, -0.2) is 33.3 Å². The Labute approximate surface area is 212 Å². The number of carbonyl (C=O) groups is 1. The van der Waals surface area contributed by atoms with Gasteiger partial charge in [-0.1, -0.05) is 24.1 Å². The summed E-state index contributed by atoms with van der Waals surface area (Å²) >= 11 is 5.48. The number of methoxy groups -OCH3 is 1. The van der Waals surface area contributed by atoms with Crippen molar-refractivity contribution < 1.29 is 14.7 Å². The molecular weight excluding hydrogens is 476 g/mol. The van der Waals surface area contributed by atoms with Gasteiger partial charge >= 0.3 is 0 Å². The fourth-order valence-electron chi connectivity index (χ4n) is 3.46. The van der Waals surface area contributed by atoms with Crippen molar-refractivity contribution in [2.24, 2.45) is 0 Å². The van der Waals surface area contributed by atoms with Crippen LogP contribution in [0.15, 0.2) is 67.0 Å². The van der Waals surface area contributed by atoms with Crippen molar-refractivity contribution in [2.75, 3.05) is 17.7 Å². The van der Waals surface area contributed by atoms with Crippen molar-refractivity contribution in [1.29, 1.82) is 0 Å². The number of aromatic nitrogens is 2. The standard InChI is InChI=1S/C26H22N6O3S/c1-3-16-5-4-6-19(11-16)30-24-20-12-22(23(35-2)13-21(20)28-15-29-24)31-26(36)27-14-17-7-9-18(10-8-17)25(33)32-34/h1,4-13,15,34H,14H2,2H3,(H,32,33)(H2,27,31,36)(H,28,29,30). The molecule has 0 aliphatic carbocycles. The quantitative estimate of drug-likeness (QED) is 0.112. The predicted molar refractivity (Wildman–Crippen MR) is 143 cm³/mol. The Kier molecular flexibility index (Phi) is 7.55. The smallest absolute Gasteiger partial charge is 0.274 e. The lowest BCUT2D eigenvalue weighted by molar-refractivity contribution is 0.0706. The van der Waals surface area contributed by atoms with Gasteiger partial charge in [-0.15, -0.1) is 6.42 Å². The minimum Gasteiger partial charge on any atom is -0.494 e. The van der Waals surface area contributed by atoms with Crippen LogP contribution >= 0.6 is 12.2 Å². The first-order valence-corrected chi connectivity index (χ1v) is 11.2. The van der Waals surface area contributed by atoms with Gasteiger partial charge in [0.2, 0.25) is 0 Å². The Hall–Kier alpha value is -4.72. The molecule has 0 spiro atoms. The summed E-state index contributed by atoms with van der Waals surface area (Å²) in [6.07, 6.45) is 6.99. The summed E-state index contributed by atoms with van der Waals surface area (Å²) in [6.45, 7) is 0.421. The second-order valence-corrected chi connectivity index (χ2v) is 8.00. The van der Waals surface area contributed by atoms with Crippen LogP contribution < -0.4 is 26.2 Å². The van der Waals surface area contributed by atoms with E-state index in [1.807, 2.05) is 30.3 Å². The number of amides is 1. The van der Waals surface area contributed by atoms with Gasteiger partial charge in [-0.2, -0.15) is 0 Å². The Bertz CT molecular complexity index is 1470. The van der Waals surface area contributed by atoms with E-state index in [2.05, 4.69) is 31.8 Å². The van der Waals surface area contributed by atoms with Gasteiger partial charge < -0.3 is 20.7 Å². The molecule has 4 aromatic rings. The number of carbonyl (C=O) groups excluding carboxylic acids is 1. The normalized spacial score (nSPS) is 10.2. The number of anilines is 3. The van der Waals surface area contributed by atoms with Crippen molar-refractivity contribution in [3.63, 3.8) is 0 Å². The van der Waals surface area contributed by atoms with E-state index >= 15 is 0 Å². The second-order valence-electron chi connectivity index (χ2n) is 7.59. The Balaban J connectivity index is 1.52. The Morgan fingerprint density at radius 2 is 1.94 bits per heavy atom. The molecule has 0 aliphatic rings. The third kappa shape index (κ3) is 5.67. The van der Waals surface area contributed by atoms with Crippen molar-refractivity contribution in [3.8, 4) is 18.1 Å². The summed E-state index contributed by atoms with van der Waals surface area (Å²) in [5.74, 6) is 3.21. The molecule has 0 radical (unpaired) electrons. The summed E-state index contributed by atoms with van der Waals surface area (Å²) in [5, 5.41) is 19.4. The van der Waals surface area contributed by atoms with Gasteiger partial charge in [0.25, 0.3) is 5.91 Å². The molecular formula is C26H22N6O3S. The van der Waals surface area contributed by atoms with Crippen molar-refractivity contribution in [1.82, 2.24) is 20.8 Å². The van der Waals surface area contributed by atoms with Crippen molar-refractivity contribution in [2.45, 2.75) is 6.54 Å². The Morgan fingerprint density at radius 1 is 1.14 bits per heavy atom. The fraction of sp³-hybridized carbons (Fsp3) is 0.0769. The van der Waals surface area contributed by atoms with Crippen LogP contribution in [0.3, 0.4) is 0 Å². The molecule has 0 aliphatic heterocycles. The molecule has 0 saturated heterocycles. The highest BCUT2D eigenvalue weighted by Gasteiger charge is 2.12. The van der Waals surface area contributed by atoms with E-state index in [4.69, 9.17) is 28.6 Å². The van der Waals surface area contributed by atoms with Gasteiger partial charge in [0.05, 0.1) is 18.3 Å². The number of hydrogen-bond donors (Lipinski definition) is 5. The average Bonchev–Trinajstić information content (AvgIpc) is 2.91. The number of fused-ring (bicyclic) bond motifs is 1. The molecule has 0 atom stereocenters. The largest absolute Gasteiger partial charge is 0.494 e. The van der Waals surface area contributed by atoms with E-state index in [0.29, 0.717) is 40.0 Å². The van der Waals surface area contributed by atoms with Gasteiger partial charge in [0.1, 0.15) is 17.9 Å². The molecule has 3 aromatic carbocycles. The highest BCUT2D eigenvalue weighted by atomic mass is 32.1. The SMILES string of the molecule is C#Cc1cccc(Nc2ncnc3cc(OC)c(NC(=S)NCc4ccc(C(=O)NO)cc4)cc23)c1. The topological polar surface area (TPSA) is 120 Å². The average molecular weight is 499 g/mol. The fourth-order valence-corrected chi connectivity index (χ4v) is 3.64. The summed E-state index contributed by atoms with van der Waals surface area (Å²) in [4.78, 5) is 20.2. The summed E-state index contributed by atoms with van der Waals surface area (Å²) in [7, 11) is 1.57. The third-order valence-electron chi connectivity index (χ3n) is 5.27. The second kappa shape index (κ2) is 11.1. The monoisotopic (exact) mass is 498 g/mol. The van der Waals surface area contributed by atoms with Crippen LogP contribution in [0, 0.1) is 12.3 Å². The number of benzene rings is 3. The van der Waals surface area contributed by atoms with Gasteiger partial charge in [-0.25, -0.2) is 15.4 Å². The first kappa shape index (κ1) is 24.4. The van der Waals surface area contributed by atoms with Gasteiger partial charge in [-0.05, 0) is 54.2 Å². The molecule has 1 heterocycles. The van der Waals surface area contributed by atoms with Crippen LogP contribution in [0.5, 0.6) is 5.75 Å². The van der Waals surface area contributed by atoms with Crippen molar-refractivity contribution in [3.05, 3.63) is 83.7 Å². The maximum Gasteiger partial charge on any atom is 0.274 e. The van der Waals surface area contributed by atoms with E-state index in [1.54, 1.807) is 42.9 Å². The van der Waals surface area contributed by atoms with Crippen molar-refractivity contribution >= 4 is 51.3 Å². The maximum absolute atomic E-state index is 11.5. The summed E-state index contributed by atoms with van der Waals surface area (Å²) in [5.41, 5.74) is 5.73. The molecule has 0 unspecified atom stereocenters. The van der Waals surface area contributed by atoms with E-state index < -0.39 is 5.91 Å². The number of thiocarbonyl (C=S) groups is 1. The molecule has 0 bridgehead atoms. The molecule has 4 rings (SSSR count). The number of ether oxygens (including phenoxy) is 1. The molecule has 1 amide bonds. The summed E-state index contributed by atoms with van der Waals surface area (Å²) < 4.78 is 5.54. The first-order chi connectivity index (χ1) is 17.5. The molecule has 9 nitrogen and oxygen atoms in total. The van der Waals surface area contributed by atoms with Crippen LogP contribution in [-0.2, 0) is 6.54 Å². The van der Waals surface area contributed by atoms with Crippen LogP contribution in [0.4, 0.5) is 17.2 Å². The summed E-state index contributed by atoms with van der Waals surface area (Å²) in [6, 6.07) is 17.9. The minimum absolute atomic E-state index is 0.348. The Morgan fingerprint density at radius 3 is 2.67 bits per heavy atom. The molecule has 0 fully saturated rings. The van der Waals surface area contributed by atoms with Crippen LogP contribution in [0.2, 0.25) is 0 Å². The lowest BCUT2D eigenvalue weighted by Crippen LogP contribution is -2.28. The molecule has 0 saturated carbocycles. The maximum atomic E-state index is 11.5. The molecule has 1 aromatic heterocycles. The third-order valence-corrected chi connectivity index (χ3v) is 5.51. The zero-order chi connectivity index (χ0) is 25.5.